The summed E-state index contributed by atoms with van der Waals surface area (Å²) in [6.45, 7) is 3.59. The SMILES string of the molecule is CCOc1cc(C=Nn2c(-c3cc4c(OC)cccc4o3)nc3ccccc3c2=O)cc(I)c1O[C@H](C)C(=O)O. The van der Waals surface area contributed by atoms with Crippen molar-refractivity contribution < 1.29 is 28.5 Å². The van der Waals surface area contributed by atoms with Gasteiger partial charge in [-0.2, -0.15) is 9.78 Å². The van der Waals surface area contributed by atoms with E-state index in [1.54, 1.807) is 55.6 Å². The van der Waals surface area contributed by atoms with Gasteiger partial charge in [0.05, 0.1) is 39.8 Å². The van der Waals surface area contributed by atoms with E-state index in [0.29, 0.717) is 55.2 Å². The van der Waals surface area contributed by atoms with E-state index < -0.39 is 12.1 Å². The van der Waals surface area contributed by atoms with Crippen LogP contribution < -0.4 is 19.8 Å². The third-order valence-electron chi connectivity index (χ3n) is 6.01. The topological polar surface area (TPSA) is 125 Å². The van der Waals surface area contributed by atoms with E-state index in [0.717, 1.165) is 5.39 Å². The quantitative estimate of drug-likeness (QED) is 0.162. The lowest BCUT2D eigenvalue weighted by Crippen LogP contribution is -2.23. The maximum absolute atomic E-state index is 13.6. The molecular formula is C29H24IN3O7. The third-order valence-corrected chi connectivity index (χ3v) is 6.81. The zero-order valence-corrected chi connectivity index (χ0v) is 23.9. The zero-order chi connectivity index (χ0) is 28.4. The smallest absolute Gasteiger partial charge is 0.344 e. The Kier molecular flexibility index (Phi) is 7.74. The van der Waals surface area contributed by atoms with Crippen LogP contribution in [-0.2, 0) is 4.79 Å². The molecule has 2 heterocycles. The largest absolute Gasteiger partial charge is 0.496 e. The van der Waals surface area contributed by atoms with E-state index in [9.17, 15) is 14.7 Å². The summed E-state index contributed by atoms with van der Waals surface area (Å²) < 4.78 is 24.7. The number of benzene rings is 3. The number of aromatic nitrogens is 2. The van der Waals surface area contributed by atoms with Crippen LogP contribution in [0.3, 0.4) is 0 Å². The van der Waals surface area contributed by atoms with Crippen molar-refractivity contribution in [1.82, 2.24) is 9.66 Å². The van der Waals surface area contributed by atoms with Crippen LogP contribution in [0.4, 0.5) is 0 Å². The first-order valence-electron chi connectivity index (χ1n) is 12.3. The van der Waals surface area contributed by atoms with Crippen molar-refractivity contribution in [1.29, 1.82) is 0 Å². The molecule has 0 saturated heterocycles. The molecule has 0 saturated carbocycles. The highest BCUT2D eigenvalue weighted by Gasteiger charge is 2.20. The van der Waals surface area contributed by atoms with Crippen LogP contribution in [0.2, 0.25) is 0 Å². The summed E-state index contributed by atoms with van der Waals surface area (Å²) in [6, 6.07) is 17.6. The summed E-state index contributed by atoms with van der Waals surface area (Å²) in [5.74, 6) is 0.767. The summed E-state index contributed by atoms with van der Waals surface area (Å²) in [5, 5.41) is 14.9. The van der Waals surface area contributed by atoms with Gasteiger partial charge in [0.2, 0.25) is 5.82 Å². The number of aliphatic carboxylic acids is 1. The Bertz CT molecular complexity index is 1830. The van der Waals surface area contributed by atoms with Crippen molar-refractivity contribution in [2.45, 2.75) is 20.0 Å². The minimum absolute atomic E-state index is 0.216. The van der Waals surface area contributed by atoms with E-state index in [2.05, 4.69) is 5.10 Å². The van der Waals surface area contributed by atoms with Gasteiger partial charge >= 0.3 is 5.97 Å². The molecule has 204 valence electrons. The second-order valence-corrected chi connectivity index (χ2v) is 9.82. The highest BCUT2D eigenvalue weighted by molar-refractivity contribution is 14.1. The average molecular weight is 653 g/mol. The molecule has 0 aliphatic heterocycles. The average Bonchev–Trinajstić information content (AvgIpc) is 3.39. The maximum Gasteiger partial charge on any atom is 0.344 e. The van der Waals surface area contributed by atoms with E-state index in [1.165, 1.54) is 17.8 Å². The van der Waals surface area contributed by atoms with Crippen molar-refractivity contribution in [3.8, 4) is 28.8 Å². The summed E-state index contributed by atoms with van der Waals surface area (Å²) in [4.78, 5) is 29.6. The molecule has 0 fully saturated rings. The minimum Gasteiger partial charge on any atom is -0.496 e. The number of carboxylic acids is 1. The predicted molar refractivity (Wildman–Crippen MR) is 159 cm³/mol. The molecule has 0 aliphatic carbocycles. The molecule has 1 N–H and O–H groups in total. The number of rotatable bonds is 9. The van der Waals surface area contributed by atoms with Crippen LogP contribution in [-0.4, -0.2) is 46.8 Å². The van der Waals surface area contributed by atoms with Gasteiger partial charge in [-0.1, -0.05) is 18.2 Å². The molecule has 0 amide bonds. The first-order valence-corrected chi connectivity index (χ1v) is 13.4. The van der Waals surface area contributed by atoms with Gasteiger partial charge in [-0.3, -0.25) is 4.79 Å². The van der Waals surface area contributed by atoms with E-state index in [4.69, 9.17) is 23.6 Å². The van der Waals surface area contributed by atoms with Crippen LogP contribution in [0.15, 0.2) is 75.0 Å². The Morgan fingerprint density at radius 3 is 2.70 bits per heavy atom. The van der Waals surface area contributed by atoms with Gasteiger partial charge in [0.1, 0.15) is 11.3 Å². The molecule has 5 aromatic rings. The molecule has 10 nitrogen and oxygen atoms in total. The standard InChI is InChI=1S/C29H24IN3O7/c1-4-38-24-13-17(12-20(30)26(24)39-16(2)29(35)36)15-31-33-27(32-21-9-6-5-8-18(21)28(33)34)25-14-19-22(37-3)10-7-11-23(19)40-25/h5-16H,4H2,1-3H3,(H,35,36)/t16-/m1/s1. The summed E-state index contributed by atoms with van der Waals surface area (Å²) in [5.41, 5.74) is 1.30. The Balaban J connectivity index is 1.64. The lowest BCUT2D eigenvalue weighted by atomic mass is 10.2. The lowest BCUT2D eigenvalue weighted by molar-refractivity contribution is -0.144. The van der Waals surface area contributed by atoms with Crippen molar-refractivity contribution >= 4 is 56.6 Å². The molecule has 11 heteroatoms. The number of hydrogen-bond acceptors (Lipinski definition) is 8. The number of carbonyl (C=O) groups is 1. The van der Waals surface area contributed by atoms with Crippen molar-refractivity contribution in [2.24, 2.45) is 5.10 Å². The molecular weight excluding hydrogens is 629 g/mol. The number of nitrogens with zero attached hydrogens (tertiary/aromatic N) is 3. The molecule has 0 aliphatic rings. The van der Waals surface area contributed by atoms with E-state index >= 15 is 0 Å². The number of halogens is 1. The number of para-hydroxylation sites is 1. The van der Waals surface area contributed by atoms with Gasteiger partial charge < -0.3 is 23.7 Å². The first-order chi connectivity index (χ1) is 19.3. The Morgan fingerprint density at radius 1 is 1.15 bits per heavy atom. The third kappa shape index (κ3) is 5.24. The molecule has 2 aromatic heterocycles. The second kappa shape index (κ2) is 11.4. The maximum atomic E-state index is 13.6. The zero-order valence-electron chi connectivity index (χ0n) is 21.8. The fraction of sp³-hybridized carbons (Fsp3) is 0.172. The van der Waals surface area contributed by atoms with Gasteiger partial charge in [0.15, 0.2) is 23.4 Å². The summed E-state index contributed by atoms with van der Waals surface area (Å²) >= 11 is 2.04. The van der Waals surface area contributed by atoms with Gasteiger partial charge in [-0.15, -0.1) is 0 Å². The van der Waals surface area contributed by atoms with Crippen LogP contribution in [0.1, 0.15) is 19.4 Å². The Labute approximate surface area is 241 Å². The number of ether oxygens (including phenoxy) is 3. The highest BCUT2D eigenvalue weighted by atomic mass is 127. The van der Waals surface area contributed by atoms with Gasteiger partial charge in [-0.05, 0) is 84.5 Å². The molecule has 3 aromatic carbocycles. The molecule has 0 radical (unpaired) electrons. The van der Waals surface area contributed by atoms with Gasteiger partial charge in [0, 0.05) is 0 Å². The van der Waals surface area contributed by atoms with Crippen molar-refractivity contribution in [2.75, 3.05) is 13.7 Å². The van der Waals surface area contributed by atoms with Gasteiger partial charge in [0.25, 0.3) is 5.56 Å². The normalized spacial score (nSPS) is 12.2. The molecule has 0 unspecified atom stereocenters. The fourth-order valence-corrected chi connectivity index (χ4v) is 4.86. The monoisotopic (exact) mass is 653 g/mol. The van der Waals surface area contributed by atoms with Crippen LogP contribution in [0, 0.1) is 3.57 Å². The molecule has 5 rings (SSSR count). The number of fused-ring (bicyclic) bond motifs is 2. The molecule has 0 spiro atoms. The van der Waals surface area contributed by atoms with E-state index in [1.807, 2.05) is 41.6 Å². The number of carboxylic acid groups (broad SMARTS) is 1. The Morgan fingerprint density at radius 2 is 1.95 bits per heavy atom. The van der Waals surface area contributed by atoms with Gasteiger partial charge in [-0.25, -0.2) is 9.78 Å². The lowest BCUT2D eigenvalue weighted by Gasteiger charge is -2.17. The van der Waals surface area contributed by atoms with E-state index in [-0.39, 0.29) is 11.4 Å². The fourth-order valence-electron chi connectivity index (χ4n) is 4.10. The van der Waals surface area contributed by atoms with Crippen molar-refractivity contribution in [3.63, 3.8) is 0 Å². The number of furan rings is 1. The number of hydrogen-bond donors (Lipinski definition) is 1. The second-order valence-electron chi connectivity index (χ2n) is 8.66. The van der Waals surface area contributed by atoms with Crippen LogP contribution in [0.25, 0.3) is 33.5 Å². The first kappa shape index (κ1) is 27.2. The highest BCUT2D eigenvalue weighted by Crippen LogP contribution is 2.35. The number of methoxy groups -OCH3 is 1. The Hall–Kier alpha value is -4.39. The van der Waals surface area contributed by atoms with Crippen molar-refractivity contribution in [3.05, 3.63) is 80.2 Å². The molecule has 0 bridgehead atoms. The van der Waals surface area contributed by atoms with Crippen LogP contribution >= 0.6 is 22.6 Å². The predicted octanol–water partition coefficient (Wildman–Crippen LogP) is 5.56. The molecule has 40 heavy (non-hydrogen) atoms. The summed E-state index contributed by atoms with van der Waals surface area (Å²) in [6.07, 6.45) is 0.430. The van der Waals surface area contributed by atoms with Crippen LogP contribution in [0.5, 0.6) is 17.2 Å². The minimum atomic E-state index is -1.09. The molecule has 1 atom stereocenters. The summed E-state index contributed by atoms with van der Waals surface area (Å²) in [7, 11) is 1.58.